The summed E-state index contributed by atoms with van der Waals surface area (Å²) in [6.07, 6.45) is -0.672. The third kappa shape index (κ3) is 8.68. The van der Waals surface area contributed by atoms with Crippen LogP contribution in [0.3, 0.4) is 0 Å². The smallest absolute Gasteiger partial charge is 0.408 e. The average Bonchev–Trinajstić information content (AvgIpc) is 2.91. The summed E-state index contributed by atoms with van der Waals surface area (Å²) in [7, 11) is -2.89. The minimum Gasteiger partial charge on any atom is -0.467 e. The molecule has 3 aromatic carbocycles. The molecule has 9 heteroatoms. The second-order valence-electron chi connectivity index (χ2n) is 7.56. The second-order valence-corrected chi connectivity index (χ2v) is 9.78. The number of alkyl carbamates (subject to hydrolysis) is 1. The lowest BCUT2D eigenvalue weighted by Crippen LogP contribution is -2.38. The van der Waals surface area contributed by atoms with Gasteiger partial charge < -0.3 is 19.3 Å². The van der Waals surface area contributed by atoms with Gasteiger partial charge in [-0.3, -0.25) is 9.09 Å². The van der Waals surface area contributed by atoms with Crippen molar-refractivity contribution < 1.29 is 32.7 Å². The van der Waals surface area contributed by atoms with Crippen molar-refractivity contribution in [3.05, 3.63) is 108 Å². The Morgan fingerprint density at radius 1 is 0.771 bits per heavy atom. The zero-order valence-corrected chi connectivity index (χ0v) is 20.3. The molecule has 0 spiro atoms. The molecule has 184 valence electrons. The summed E-state index contributed by atoms with van der Waals surface area (Å²) in [5.41, 5.74) is 2.33. The molecule has 3 rings (SSSR count). The fourth-order valence-corrected chi connectivity index (χ4v) is 4.88. The topological polar surface area (TPSA) is 100 Å². The monoisotopic (exact) mass is 497 g/mol. The van der Waals surface area contributed by atoms with Crippen molar-refractivity contribution in [3.8, 4) is 0 Å². The zero-order chi connectivity index (χ0) is 24.9. The van der Waals surface area contributed by atoms with Gasteiger partial charge in [0.05, 0.1) is 13.7 Å². The van der Waals surface area contributed by atoms with Crippen LogP contribution in [0, 0.1) is 0 Å². The fourth-order valence-electron chi connectivity index (χ4n) is 3.14. The lowest BCUT2D eigenvalue weighted by Gasteiger charge is -2.27. The van der Waals surface area contributed by atoms with E-state index in [-0.39, 0.29) is 19.6 Å². The van der Waals surface area contributed by atoms with Gasteiger partial charge in [-0.15, -0.1) is 0 Å². The molecule has 0 heterocycles. The van der Waals surface area contributed by atoms with Crippen LogP contribution in [0.25, 0.3) is 0 Å². The first-order chi connectivity index (χ1) is 17.0. The van der Waals surface area contributed by atoms with Crippen LogP contribution in [0.2, 0.25) is 0 Å². The van der Waals surface area contributed by atoms with E-state index >= 15 is 0 Å². The van der Waals surface area contributed by atoms with Crippen LogP contribution >= 0.6 is 7.60 Å². The van der Waals surface area contributed by atoms with Gasteiger partial charge in [-0.2, -0.15) is 0 Å². The van der Waals surface area contributed by atoms with Gasteiger partial charge in [0.1, 0.15) is 12.4 Å². The molecular formula is C26H28NO7P. The summed E-state index contributed by atoms with van der Waals surface area (Å²) >= 11 is 0. The lowest BCUT2D eigenvalue weighted by molar-refractivity contribution is -0.143. The minimum absolute atomic E-state index is 0.0307. The number of methoxy groups -OCH3 is 1. The van der Waals surface area contributed by atoms with Crippen molar-refractivity contribution in [2.75, 3.05) is 13.7 Å². The van der Waals surface area contributed by atoms with Crippen molar-refractivity contribution in [2.45, 2.75) is 25.4 Å². The van der Waals surface area contributed by atoms with Crippen LogP contribution in [-0.2, 0) is 47.5 Å². The molecular weight excluding hydrogens is 469 g/mol. The molecule has 1 N–H and O–H groups in total. The summed E-state index contributed by atoms with van der Waals surface area (Å²) in [6, 6.07) is 27.4. The van der Waals surface area contributed by atoms with Crippen LogP contribution in [0.1, 0.15) is 16.7 Å². The van der Waals surface area contributed by atoms with Gasteiger partial charge in [-0.1, -0.05) is 91.0 Å². The number of benzene rings is 3. The molecule has 35 heavy (non-hydrogen) atoms. The summed E-state index contributed by atoms with van der Waals surface area (Å²) < 4.78 is 35.2. The van der Waals surface area contributed by atoms with Gasteiger partial charge >= 0.3 is 19.7 Å². The molecule has 0 bridgehead atoms. The molecule has 0 saturated heterocycles. The molecule has 2 atom stereocenters. The molecule has 0 aliphatic carbocycles. The van der Waals surface area contributed by atoms with Gasteiger partial charge in [-0.25, -0.2) is 9.59 Å². The summed E-state index contributed by atoms with van der Waals surface area (Å²) in [4.78, 5) is 24.4. The highest BCUT2D eigenvalue weighted by molar-refractivity contribution is 7.54. The Labute approximate surface area is 204 Å². The van der Waals surface area contributed by atoms with Gasteiger partial charge in [-0.05, 0) is 16.7 Å². The minimum atomic E-state index is -4.09. The predicted molar refractivity (Wildman–Crippen MR) is 131 cm³/mol. The molecule has 0 aliphatic heterocycles. The molecule has 8 nitrogen and oxygen atoms in total. The maximum absolute atomic E-state index is 14.0. The number of hydrogen-bond donors (Lipinski definition) is 1. The normalized spacial score (nSPS) is 13.3. The van der Waals surface area contributed by atoms with Gasteiger partial charge in [0.2, 0.25) is 0 Å². The van der Waals surface area contributed by atoms with E-state index in [9.17, 15) is 14.2 Å². The van der Waals surface area contributed by atoms with Crippen molar-refractivity contribution in [3.63, 3.8) is 0 Å². The van der Waals surface area contributed by atoms with Crippen molar-refractivity contribution in [1.29, 1.82) is 0 Å². The second kappa shape index (κ2) is 13.4. The van der Waals surface area contributed by atoms with Crippen LogP contribution in [-0.4, -0.2) is 31.6 Å². The fraction of sp³-hybridized carbons (Fsp3) is 0.231. The Kier molecular flexibility index (Phi) is 10.0. The molecule has 0 saturated carbocycles. The molecule has 0 radical (unpaired) electrons. The van der Waals surface area contributed by atoms with Crippen LogP contribution in [0.15, 0.2) is 91.0 Å². The van der Waals surface area contributed by atoms with E-state index in [2.05, 4.69) is 10.1 Å². The number of carbonyl (C=O) groups excluding carboxylic acids is 2. The molecule has 2 unspecified atom stereocenters. The van der Waals surface area contributed by atoms with E-state index in [0.29, 0.717) is 0 Å². The standard InChI is InChI=1S/C26H28NO7P/c1-31-25(28)20-34-35(30,33-19-23-15-9-4-10-16-23)24(17-21-11-5-2-6-12-21)27-26(29)32-18-22-13-7-3-8-14-22/h2-16,24H,17-20H2,1H3,(H,27,29). The SMILES string of the molecule is COC(=O)COP(=O)(OCc1ccccc1)C(Cc1ccccc1)NC(=O)OCc1ccccc1. The Balaban J connectivity index is 1.80. The Hall–Kier alpha value is -3.45. The highest BCUT2D eigenvalue weighted by atomic mass is 31.2. The highest BCUT2D eigenvalue weighted by Gasteiger charge is 2.39. The Morgan fingerprint density at radius 2 is 1.29 bits per heavy atom. The number of nitrogens with one attached hydrogen (secondary N) is 1. The van der Waals surface area contributed by atoms with E-state index in [1.807, 2.05) is 78.9 Å². The average molecular weight is 497 g/mol. The molecule has 3 aromatic rings. The largest absolute Gasteiger partial charge is 0.467 e. The molecule has 0 fully saturated rings. The third-order valence-electron chi connectivity index (χ3n) is 4.99. The molecule has 0 aliphatic rings. The maximum Gasteiger partial charge on any atom is 0.408 e. The van der Waals surface area contributed by atoms with Crippen LogP contribution < -0.4 is 5.32 Å². The number of hydrogen-bond acceptors (Lipinski definition) is 7. The Morgan fingerprint density at radius 3 is 1.83 bits per heavy atom. The van der Waals surface area contributed by atoms with Gasteiger partial charge in [0.25, 0.3) is 0 Å². The number of ether oxygens (including phenoxy) is 2. The van der Waals surface area contributed by atoms with E-state index in [0.717, 1.165) is 16.7 Å². The van der Waals surface area contributed by atoms with Crippen molar-refractivity contribution in [1.82, 2.24) is 5.32 Å². The molecule has 1 amide bonds. The first kappa shape index (κ1) is 26.2. The first-order valence-electron chi connectivity index (χ1n) is 11.0. The maximum atomic E-state index is 14.0. The van der Waals surface area contributed by atoms with E-state index in [4.69, 9.17) is 13.8 Å². The number of carbonyl (C=O) groups is 2. The van der Waals surface area contributed by atoms with Crippen LogP contribution in [0.5, 0.6) is 0 Å². The predicted octanol–water partition coefficient (Wildman–Crippen LogP) is 5.08. The summed E-state index contributed by atoms with van der Waals surface area (Å²) in [5.74, 6) is -1.85. The van der Waals surface area contributed by atoms with E-state index in [1.54, 1.807) is 12.1 Å². The lowest BCUT2D eigenvalue weighted by atomic mass is 10.1. The quantitative estimate of drug-likeness (QED) is 0.275. The van der Waals surface area contributed by atoms with Gasteiger partial charge in [0, 0.05) is 6.42 Å². The highest BCUT2D eigenvalue weighted by Crippen LogP contribution is 2.53. The Bertz CT molecular complexity index is 1110. The van der Waals surface area contributed by atoms with E-state index < -0.39 is 32.0 Å². The first-order valence-corrected chi connectivity index (χ1v) is 12.6. The third-order valence-corrected chi connectivity index (χ3v) is 7.05. The van der Waals surface area contributed by atoms with Crippen molar-refractivity contribution in [2.24, 2.45) is 0 Å². The number of rotatable bonds is 12. The summed E-state index contributed by atoms with van der Waals surface area (Å²) in [6.45, 7) is -0.622. The zero-order valence-electron chi connectivity index (χ0n) is 19.4. The summed E-state index contributed by atoms with van der Waals surface area (Å²) in [5, 5.41) is 2.63. The van der Waals surface area contributed by atoms with Crippen LogP contribution in [0.4, 0.5) is 4.79 Å². The number of esters is 1. The number of amides is 1. The van der Waals surface area contributed by atoms with Crippen molar-refractivity contribution >= 4 is 19.7 Å². The molecule has 0 aromatic heterocycles. The van der Waals surface area contributed by atoms with E-state index in [1.165, 1.54) is 7.11 Å². The van der Waals surface area contributed by atoms with Gasteiger partial charge in [0.15, 0.2) is 6.61 Å².